The first-order valence-electron chi connectivity index (χ1n) is 11.1. The van der Waals surface area contributed by atoms with Gasteiger partial charge in [-0.1, -0.05) is 66.7 Å². The SMILES string of the molecule is C[NH+](CCCNC(=O)C1(O)c2ccccc2NC(=O)N1c1ccccc1)Cc1ccccc1. The minimum atomic E-state index is -2.16. The van der Waals surface area contributed by atoms with Crippen LogP contribution in [-0.2, 0) is 17.1 Å². The summed E-state index contributed by atoms with van der Waals surface area (Å²) in [6, 6.07) is 25.2. The standard InChI is InChI=1S/C26H28N4O3/c1-29(19-20-11-4-2-5-12-20)18-10-17-27-24(31)26(33)22-15-8-9-16-23(22)28-25(32)30(26)21-13-6-3-7-14-21/h2-9,11-16,33H,10,17-19H2,1H3,(H,27,31)(H,28,32)/p+1. The number of hydrogen-bond acceptors (Lipinski definition) is 3. The van der Waals surface area contributed by atoms with Crippen LogP contribution in [0.25, 0.3) is 0 Å². The molecule has 3 aromatic rings. The first kappa shape index (κ1) is 22.5. The molecule has 0 fully saturated rings. The number of amides is 3. The molecule has 7 nitrogen and oxygen atoms in total. The van der Waals surface area contributed by atoms with E-state index in [4.69, 9.17) is 0 Å². The number of carbonyl (C=O) groups excluding carboxylic acids is 2. The molecule has 2 unspecified atom stereocenters. The van der Waals surface area contributed by atoms with Crippen molar-refractivity contribution in [3.63, 3.8) is 0 Å². The maximum atomic E-state index is 13.4. The summed E-state index contributed by atoms with van der Waals surface area (Å²) in [6.45, 7) is 2.14. The number of rotatable bonds is 8. The summed E-state index contributed by atoms with van der Waals surface area (Å²) >= 11 is 0. The van der Waals surface area contributed by atoms with Crippen molar-refractivity contribution in [2.75, 3.05) is 30.4 Å². The van der Waals surface area contributed by atoms with Crippen LogP contribution in [-0.4, -0.2) is 37.2 Å². The Bertz CT molecular complexity index is 1110. The van der Waals surface area contributed by atoms with Gasteiger partial charge in [0, 0.05) is 29.8 Å². The van der Waals surface area contributed by atoms with Crippen molar-refractivity contribution in [1.29, 1.82) is 0 Å². The summed E-state index contributed by atoms with van der Waals surface area (Å²) < 4.78 is 0. The van der Waals surface area contributed by atoms with E-state index >= 15 is 0 Å². The molecule has 0 aromatic heterocycles. The third kappa shape index (κ3) is 4.74. The topological polar surface area (TPSA) is 86.1 Å². The molecule has 0 saturated carbocycles. The largest absolute Gasteiger partial charge is 0.359 e. The summed E-state index contributed by atoms with van der Waals surface area (Å²) in [5, 5.41) is 17.3. The third-order valence-corrected chi connectivity index (χ3v) is 5.82. The van der Waals surface area contributed by atoms with E-state index in [0.29, 0.717) is 23.5 Å². The van der Waals surface area contributed by atoms with Gasteiger partial charge < -0.3 is 20.6 Å². The molecule has 0 spiro atoms. The second-order valence-corrected chi connectivity index (χ2v) is 8.30. The van der Waals surface area contributed by atoms with Crippen LogP contribution in [0.2, 0.25) is 0 Å². The quantitative estimate of drug-likeness (QED) is 0.401. The molecule has 4 N–H and O–H groups in total. The predicted molar refractivity (Wildman–Crippen MR) is 128 cm³/mol. The van der Waals surface area contributed by atoms with E-state index in [0.717, 1.165) is 24.4 Å². The van der Waals surface area contributed by atoms with Gasteiger partial charge >= 0.3 is 6.03 Å². The van der Waals surface area contributed by atoms with Gasteiger partial charge in [-0.2, -0.15) is 0 Å². The van der Waals surface area contributed by atoms with Gasteiger partial charge in [-0.3, -0.25) is 9.69 Å². The van der Waals surface area contributed by atoms with Crippen LogP contribution >= 0.6 is 0 Å². The highest BCUT2D eigenvalue weighted by Gasteiger charge is 2.51. The van der Waals surface area contributed by atoms with Crippen LogP contribution in [0.4, 0.5) is 16.2 Å². The zero-order valence-corrected chi connectivity index (χ0v) is 18.6. The number of benzene rings is 3. The van der Waals surface area contributed by atoms with Gasteiger partial charge in [-0.25, -0.2) is 4.79 Å². The number of anilines is 2. The number of hydrogen-bond donors (Lipinski definition) is 4. The third-order valence-electron chi connectivity index (χ3n) is 5.82. The van der Waals surface area contributed by atoms with Crippen molar-refractivity contribution in [2.45, 2.75) is 18.7 Å². The van der Waals surface area contributed by atoms with E-state index in [2.05, 4.69) is 29.8 Å². The molecule has 3 aromatic carbocycles. The summed E-state index contributed by atoms with van der Waals surface area (Å²) in [6.07, 6.45) is 0.736. The fourth-order valence-electron chi connectivity index (χ4n) is 4.19. The number of fused-ring (bicyclic) bond motifs is 1. The van der Waals surface area contributed by atoms with Gasteiger partial charge in [0.2, 0.25) is 0 Å². The van der Waals surface area contributed by atoms with Gasteiger partial charge in [0.25, 0.3) is 11.6 Å². The highest BCUT2D eigenvalue weighted by molar-refractivity contribution is 6.11. The van der Waals surface area contributed by atoms with E-state index in [1.165, 1.54) is 10.5 Å². The van der Waals surface area contributed by atoms with Gasteiger partial charge in [-0.15, -0.1) is 0 Å². The molecule has 3 amide bonds. The molecule has 33 heavy (non-hydrogen) atoms. The van der Waals surface area contributed by atoms with Crippen LogP contribution in [0, 0.1) is 0 Å². The Labute approximate surface area is 193 Å². The lowest BCUT2D eigenvalue weighted by molar-refractivity contribution is -0.893. The molecule has 0 aliphatic carbocycles. The Morgan fingerprint density at radius 2 is 1.64 bits per heavy atom. The molecular weight excluding hydrogens is 416 g/mol. The Hall–Kier alpha value is -3.68. The first-order valence-corrected chi connectivity index (χ1v) is 11.1. The van der Waals surface area contributed by atoms with E-state index in [-0.39, 0.29) is 0 Å². The minimum absolute atomic E-state index is 0.331. The van der Waals surface area contributed by atoms with Gasteiger partial charge in [0.15, 0.2) is 0 Å². The van der Waals surface area contributed by atoms with E-state index in [1.54, 1.807) is 48.5 Å². The summed E-state index contributed by atoms with van der Waals surface area (Å²) in [4.78, 5) is 28.7. The fourth-order valence-corrected chi connectivity index (χ4v) is 4.19. The lowest BCUT2D eigenvalue weighted by Crippen LogP contribution is -3.07. The molecule has 0 saturated heterocycles. The number of nitrogens with one attached hydrogen (secondary N) is 3. The number of carbonyl (C=O) groups is 2. The van der Waals surface area contributed by atoms with Crippen LogP contribution in [0.5, 0.6) is 0 Å². The monoisotopic (exact) mass is 445 g/mol. The molecular formula is C26H29N4O3+. The maximum Gasteiger partial charge on any atom is 0.329 e. The highest BCUT2D eigenvalue weighted by Crippen LogP contribution is 2.39. The summed E-state index contributed by atoms with van der Waals surface area (Å²) in [5.74, 6) is -0.630. The molecule has 7 heteroatoms. The molecule has 4 rings (SSSR count). The van der Waals surface area contributed by atoms with E-state index in [1.807, 2.05) is 24.3 Å². The Morgan fingerprint density at radius 3 is 2.36 bits per heavy atom. The number of aliphatic hydroxyl groups is 1. The van der Waals surface area contributed by atoms with Crippen molar-refractivity contribution < 1.29 is 19.6 Å². The number of nitrogens with zero attached hydrogens (tertiary/aromatic N) is 1. The molecule has 0 radical (unpaired) electrons. The first-order chi connectivity index (χ1) is 16.0. The molecule has 0 bridgehead atoms. The summed E-state index contributed by atoms with van der Waals surface area (Å²) in [7, 11) is 2.11. The van der Waals surface area contributed by atoms with Crippen molar-refractivity contribution in [3.8, 4) is 0 Å². The number of para-hydroxylation sites is 2. The second kappa shape index (κ2) is 9.85. The number of urea groups is 1. The molecule has 170 valence electrons. The van der Waals surface area contributed by atoms with Crippen molar-refractivity contribution in [3.05, 3.63) is 96.1 Å². The number of quaternary nitrogens is 1. The van der Waals surface area contributed by atoms with Gasteiger partial charge in [-0.05, 0) is 18.2 Å². The van der Waals surface area contributed by atoms with Gasteiger partial charge in [0.05, 0.1) is 19.3 Å². The molecule has 1 aliphatic rings. The van der Waals surface area contributed by atoms with Crippen molar-refractivity contribution in [1.82, 2.24) is 5.32 Å². The Morgan fingerprint density at radius 1 is 1.00 bits per heavy atom. The van der Waals surface area contributed by atoms with Crippen LogP contribution in [0.3, 0.4) is 0 Å². The molecule has 1 aliphatic heterocycles. The van der Waals surface area contributed by atoms with Crippen LogP contribution in [0.1, 0.15) is 17.5 Å². The smallest absolute Gasteiger partial charge is 0.329 e. The normalized spacial score (nSPS) is 18.2. The molecule has 1 heterocycles. The van der Waals surface area contributed by atoms with Crippen LogP contribution in [0.15, 0.2) is 84.9 Å². The lowest BCUT2D eigenvalue weighted by atomic mass is 9.95. The Kier molecular flexibility index (Phi) is 6.72. The average molecular weight is 446 g/mol. The predicted octanol–water partition coefficient (Wildman–Crippen LogP) is 2.11. The maximum absolute atomic E-state index is 13.4. The van der Waals surface area contributed by atoms with Crippen LogP contribution < -0.4 is 20.4 Å². The average Bonchev–Trinajstić information content (AvgIpc) is 2.83. The fraction of sp³-hybridized carbons (Fsp3) is 0.231. The van der Waals surface area contributed by atoms with E-state index < -0.39 is 17.7 Å². The lowest BCUT2D eigenvalue weighted by Gasteiger charge is -2.42. The van der Waals surface area contributed by atoms with E-state index in [9.17, 15) is 14.7 Å². The minimum Gasteiger partial charge on any atom is -0.359 e. The highest BCUT2D eigenvalue weighted by atomic mass is 16.3. The second-order valence-electron chi connectivity index (χ2n) is 8.30. The summed E-state index contributed by atoms with van der Waals surface area (Å²) in [5.41, 5.74) is 0.270. The van der Waals surface area contributed by atoms with Gasteiger partial charge in [0.1, 0.15) is 6.54 Å². The van der Waals surface area contributed by atoms with Crippen molar-refractivity contribution in [2.24, 2.45) is 0 Å². The zero-order chi connectivity index (χ0) is 23.3. The molecule has 2 atom stereocenters. The van der Waals surface area contributed by atoms with Crippen molar-refractivity contribution >= 4 is 23.3 Å². The Balaban J connectivity index is 1.47. The zero-order valence-electron chi connectivity index (χ0n) is 18.6.